The summed E-state index contributed by atoms with van der Waals surface area (Å²) in [7, 11) is 1.41. The molecule has 2 rings (SSSR count). The number of thioether (sulfide) groups is 1. The lowest BCUT2D eigenvalue weighted by molar-refractivity contribution is -0.113. The number of aryl methyl sites for hydroxylation is 1. The van der Waals surface area contributed by atoms with Gasteiger partial charge in [0.25, 0.3) is 5.56 Å². The Bertz CT molecular complexity index is 666. The number of nitrogens with zero attached hydrogens (tertiary/aromatic N) is 2. The zero-order valence-electron chi connectivity index (χ0n) is 10.8. The zero-order valence-corrected chi connectivity index (χ0v) is 11.6. The van der Waals surface area contributed by atoms with Crippen molar-refractivity contribution in [1.82, 2.24) is 15.1 Å². The number of amides is 1. The predicted molar refractivity (Wildman–Crippen MR) is 72.0 cm³/mol. The second-order valence-corrected chi connectivity index (χ2v) is 4.72. The molecule has 0 aliphatic carbocycles. The molecule has 2 heterocycles. The fourth-order valence-electron chi connectivity index (χ4n) is 1.33. The molecule has 0 radical (unpaired) electrons. The van der Waals surface area contributed by atoms with Gasteiger partial charge >= 0.3 is 0 Å². The van der Waals surface area contributed by atoms with Gasteiger partial charge in [-0.15, -0.1) is 0 Å². The minimum atomic E-state index is -0.341. The number of carbonyl (C=O) groups is 1. The average molecular weight is 296 g/mol. The summed E-state index contributed by atoms with van der Waals surface area (Å²) in [5.74, 6) is 0.937. The van der Waals surface area contributed by atoms with Crippen LogP contribution in [0, 0.1) is 6.92 Å². The van der Waals surface area contributed by atoms with Crippen molar-refractivity contribution in [3.05, 3.63) is 28.2 Å². The third kappa shape index (κ3) is 3.85. The van der Waals surface area contributed by atoms with Crippen molar-refractivity contribution in [3.8, 4) is 5.88 Å². The van der Waals surface area contributed by atoms with E-state index < -0.39 is 0 Å². The van der Waals surface area contributed by atoms with Gasteiger partial charge in [0.05, 0.1) is 18.9 Å². The minimum Gasteiger partial charge on any atom is -0.481 e. The molecule has 106 valence electrons. The van der Waals surface area contributed by atoms with Crippen molar-refractivity contribution in [2.45, 2.75) is 12.1 Å². The summed E-state index contributed by atoms with van der Waals surface area (Å²) in [6.45, 7) is 1.72. The van der Waals surface area contributed by atoms with Gasteiger partial charge in [0.15, 0.2) is 11.0 Å². The Labute approximate surface area is 117 Å². The first-order valence-corrected chi connectivity index (χ1v) is 6.56. The van der Waals surface area contributed by atoms with Crippen LogP contribution in [0.1, 0.15) is 5.76 Å². The lowest BCUT2D eigenvalue weighted by Crippen LogP contribution is -2.15. The molecule has 0 aliphatic heterocycles. The first kappa shape index (κ1) is 14.1. The maximum atomic E-state index is 11.7. The largest absolute Gasteiger partial charge is 0.481 e. The Kier molecular flexibility index (Phi) is 4.41. The van der Waals surface area contributed by atoms with Gasteiger partial charge < -0.3 is 19.6 Å². The van der Waals surface area contributed by atoms with Gasteiger partial charge in [0.1, 0.15) is 5.76 Å². The highest BCUT2D eigenvalue weighted by molar-refractivity contribution is 7.99. The SMILES string of the molecule is COc1cc(=O)[nH]c(SCC(=O)Nc2cc(C)on2)n1. The Morgan fingerprint density at radius 2 is 2.35 bits per heavy atom. The van der Waals surface area contributed by atoms with Crippen molar-refractivity contribution in [3.63, 3.8) is 0 Å². The van der Waals surface area contributed by atoms with Crippen LogP contribution in [-0.4, -0.2) is 33.9 Å². The highest BCUT2D eigenvalue weighted by Crippen LogP contribution is 2.14. The molecule has 2 aromatic rings. The normalized spacial score (nSPS) is 10.3. The molecule has 0 spiro atoms. The van der Waals surface area contributed by atoms with Crippen LogP contribution in [0.25, 0.3) is 0 Å². The summed E-state index contributed by atoms with van der Waals surface area (Å²) in [6, 6.07) is 2.83. The summed E-state index contributed by atoms with van der Waals surface area (Å²) in [5.41, 5.74) is -0.341. The average Bonchev–Trinajstić information content (AvgIpc) is 2.81. The predicted octanol–water partition coefficient (Wildman–Crippen LogP) is 0.806. The van der Waals surface area contributed by atoms with Gasteiger partial charge in [0, 0.05) is 6.07 Å². The highest BCUT2D eigenvalue weighted by Gasteiger charge is 2.09. The quantitative estimate of drug-likeness (QED) is 0.620. The number of ether oxygens (including phenoxy) is 1. The lowest BCUT2D eigenvalue weighted by Gasteiger charge is -2.03. The molecule has 9 heteroatoms. The Hall–Kier alpha value is -2.29. The Balaban J connectivity index is 1.93. The standard InChI is InChI=1S/C11H12N4O4S/c1-6-3-7(15-19-6)12-9(17)5-20-11-13-8(16)4-10(14-11)18-2/h3-4H,5H2,1-2H3,(H,12,15,17)(H,13,14,16). The minimum absolute atomic E-state index is 0.0714. The maximum absolute atomic E-state index is 11.7. The number of anilines is 1. The molecule has 0 atom stereocenters. The fourth-order valence-corrected chi connectivity index (χ4v) is 1.99. The topological polar surface area (TPSA) is 110 Å². The second kappa shape index (κ2) is 6.24. The van der Waals surface area contributed by atoms with Crippen molar-refractivity contribution in [2.75, 3.05) is 18.2 Å². The van der Waals surface area contributed by atoms with E-state index >= 15 is 0 Å². The van der Waals surface area contributed by atoms with Crippen molar-refractivity contribution in [2.24, 2.45) is 0 Å². The van der Waals surface area contributed by atoms with E-state index in [1.807, 2.05) is 0 Å². The van der Waals surface area contributed by atoms with E-state index in [1.54, 1.807) is 13.0 Å². The second-order valence-electron chi connectivity index (χ2n) is 3.75. The van der Waals surface area contributed by atoms with Crippen LogP contribution in [-0.2, 0) is 4.79 Å². The van der Waals surface area contributed by atoms with Crippen molar-refractivity contribution < 1.29 is 14.1 Å². The van der Waals surface area contributed by atoms with Crippen LogP contribution in [0.15, 0.2) is 26.6 Å². The summed E-state index contributed by atoms with van der Waals surface area (Å²) >= 11 is 1.08. The van der Waals surface area contributed by atoms with Crippen LogP contribution in [0.4, 0.5) is 5.82 Å². The molecule has 0 aliphatic rings. The summed E-state index contributed by atoms with van der Waals surface area (Å²) in [5, 5.41) is 6.51. The lowest BCUT2D eigenvalue weighted by atomic mass is 10.5. The first-order valence-electron chi connectivity index (χ1n) is 5.58. The molecule has 8 nitrogen and oxygen atoms in total. The molecule has 2 N–H and O–H groups in total. The van der Waals surface area contributed by atoms with Crippen LogP contribution < -0.4 is 15.6 Å². The smallest absolute Gasteiger partial charge is 0.255 e. The van der Waals surface area contributed by atoms with E-state index in [0.717, 1.165) is 11.8 Å². The number of hydrogen-bond acceptors (Lipinski definition) is 7. The molecule has 0 aromatic carbocycles. The van der Waals surface area contributed by atoms with Gasteiger partial charge in [-0.05, 0) is 6.92 Å². The molecule has 20 heavy (non-hydrogen) atoms. The number of hydrogen-bond donors (Lipinski definition) is 2. The number of nitrogens with one attached hydrogen (secondary N) is 2. The number of aromatic nitrogens is 3. The van der Waals surface area contributed by atoms with E-state index in [1.165, 1.54) is 13.2 Å². The molecular formula is C11H12N4O4S. The number of methoxy groups -OCH3 is 1. The molecule has 1 amide bonds. The fraction of sp³-hybridized carbons (Fsp3) is 0.273. The van der Waals surface area contributed by atoms with E-state index in [2.05, 4.69) is 20.4 Å². The molecule has 0 bridgehead atoms. The van der Waals surface area contributed by atoms with Crippen LogP contribution in [0.5, 0.6) is 5.88 Å². The molecule has 0 saturated heterocycles. The maximum Gasteiger partial charge on any atom is 0.255 e. The third-order valence-corrected chi connectivity index (χ3v) is 3.01. The summed E-state index contributed by atoms with van der Waals surface area (Å²) < 4.78 is 9.70. The van der Waals surface area contributed by atoms with Gasteiger partial charge in [-0.1, -0.05) is 16.9 Å². The van der Waals surface area contributed by atoms with Gasteiger partial charge in [-0.2, -0.15) is 4.98 Å². The van der Waals surface area contributed by atoms with E-state index in [-0.39, 0.29) is 23.1 Å². The molecule has 2 aromatic heterocycles. The number of carbonyl (C=O) groups excluding carboxylic acids is 1. The summed E-state index contributed by atoms with van der Waals surface area (Å²) in [4.78, 5) is 29.5. The first-order chi connectivity index (χ1) is 9.56. The number of H-pyrrole nitrogens is 1. The van der Waals surface area contributed by atoms with Gasteiger partial charge in [0.2, 0.25) is 11.8 Å². The molecule has 0 fully saturated rings. The van der Waals surface area contributed by atoms with Crippen molar-refractivity contribution >= 4 is 23.5 Å². The third-order valence-electron chi connectivity index (χ3n) is 2.14. The highest BCUT2D eigenvalue weighted by atomic mass is 32.2. The van der Waals surface area contributed by atoms with E-state index in [4.69, 9.17) is 9.26 Å². The molecule has 0 unspecified atom stereocenters. The van der Waals surface area contributed by atoms with Crippen LogP contribution >= 0.6 is 11.8 Å². The Morgan fingerprint density at radius 1 is 1.55 bits per heavy atom. The van der Waals surface area contributed by atoms with Crippen molar-refractivity contribution in [1.29, 1.82) is 0 Å². The van der Waals surface area contributed by atoms with Crippen LogP contribution in [0.3, 0.4) is 0 Å². The zero-order chi connectivity index (χ0) is 14.5. The monoisotopic (exact) mass is 296 g/mol. The molecule has 0 saturated carbocycles. The van der Waals surface area contributed by atoms with Crippen LogP contribution in [0.2, 0.25) is 0 Å². The summed E-state index contributed by atoms with van der Waals surface area (Å²) in [6.07, 6.45) is 0. The van der Waals surface area contributed by atoms with Gasteiger partial charge in [-0.25, -0.2) is 0 Å². The number of aromatic amines is 1. The number of rotatable bonds is 5. The van der Waals surface area contributed by atoms with Gasteiger partial charge in [-0.3, -0.25) is 9.59 Å². The van der Waals surface area contributed by atoms with E-state index in [0.29, 0.717) is 16.7 Å². The van der Waals surface area contributed by atoms with E-state index in [9.17, 15) is 9.59 Å². The molecular weight excluding hydrogens is 284 g/mol. The Morgan fingerprint density at radius 3 is 3.00 bits per heavy atom.